The number of amides is 1. The molecule has 1 amide bonds. The molecule has 2 rings (SSSR count). The molecule has 1 aromatic rings. The molecule has 110 valence electrons. The fourth-order valence-electron chi connectivity index (χ4n) is 2.13. The predicted molar refractivity (Wildman–Crippen MR) is 76.7 cm³/mol. The molecule has 0 spiro atoms. The van der Waals surface area contributed by atoms with Crippen LogP contribution in [0.2, 0.25) is 0 Å². The van der Waals surface area contributed by atoms with E-state index in [0.717, 1.165) is 30.0 Å². The highest BCUT2D eigenvalue weighted by atomic mass is 32.1. The molecule has 0 radical (unpaired) electrons. The first-order valence-electron chi connectivity index (χ1n) is 6.98. The van der Waals surface area contributed by atoms with Crippen LogP contribution in [0, 0.1) is 12.8 Å². The van der Waals surface area contributed by atoms with Crippen LogP contribution in [0.25, 0.3) is 0 Å². The summed E-state index contributed by atoms with van der Waals surface area (Å²) in [5, 5.41) is 14.7. The largest absolute Gasteiger partial charge is 0.480 e. The Balaban J connectivity index is 1.69. The SMILES string of the molecule is Cc1nc(CCCC(=O)NC(CC2CC2)C(=O)O)cs1. The van der Waals surface area contributed by atoms with Gasteiger partial charge in [-0.05, 0) is 32.1 Å². The van der Waals surface area contributed by atoms with E-state index in [1.165, 1.54) is 0 Å². The minimum Gasteiger partial charge on any atom is -0.480 e. The topological polar surface area (TPSA) is 79.3 Å². The minimum absolute atomic E-state index is 0.176. The van der Waals surface area contributed by atoms with Gasteiger partial charge in [0.1, 0.15) is 6.04 Å². The molecular formula is C14H20N2O3S. The number of hydrogen-bond donors (Lipinski definition) is 2. The summed E-state index contributed by atoms with van der Waals surface area (Å²) in [6.07, 6.45) is 4.55. The first-order chi connectivity index (χ1) is 9.54. The number of aryl methyl sites for hydroxylation is 2. The summed E-state index contributed by atoms with van der Waals surface area (Å²) >= 11 is 1.60. The van der Waals surface area contributed by atoms with Gasteiger partial charge in [-0.3, -0.25) is 4.79 Å². The number of carboxylic acids is 1. The van der Waals surface area contributed by atoms with Crippen LogP contribution in [0.1, 0.15) is 42.8 Å². The van der Waals surface area contributed by atoms with Gasteiger partial charge in [0.25, 0.3) is 0 Å². The first-order valence-corrected chi connectivity index (χ1v) is 7.85. The summed E-state index contributed by atoms with van der Waals surface area (Å²) in [5.74, 6) is -0.625. The van der Waals surface area contributed by atoms with Crippen molar-refractivity contribution in [3.8, 4) is 0 Å². The average Bonchev–Trinajstić information content (AvgIpc) is 3.10. The van der Waals surface area contributed by atoms with Crippen LogP contribution < -0.4 is 5.32 Å². The van der Waals surface area contributed by atoms with E-state index in [-0.39, 0.29) is 5.91 Å². The molecule has 1 aliphatic rings. The van der Waals surface area contributed by atoms with Crippen molar-refractivity contribution in [1.82, 2.24) is 10.3 Å². The molecule has 0 saturated heterocycles. The van der Waals surface area contributed by atoms with Gasteiger partial charge in [-0.25, -0.2) is 9.78 Å². The second-order valence-electron chi connectivity index (χ2n) is 5.35. The van der Waals surface area contributed by atoms with Crippen LogP contribution >= 0.6 is 11.3 Å². The van der Waals surface area contributed by atoms with Crippen molar-refractivity contribution < 1.29 is 14.7 Å². The lowest BCUT2D eigenvalue weighted by atomic mass is 10.1. The highest BCUT2D eigenvalue weighted by Crippen LogP contribution is 2.33. The lowest BCUT2D eigenvalue weighted by Crippen LogP contribution is -2.41. The van der Waals surface area contributed by atoms with Gasteiger partial charge in [0.15, 0.2) is 0 Å². The minimum atomic E-state index is -0.930. The molecule has 1 fully saturated rings. The van der Waals surface area contributed by atoms with Crippen molar-refractivity contribution in [2.24, 2.45) is 5.92 Å². The predicted octanol–water partition coefficient (Wildman–Crippen LogP) is 2.14. The highest BCUT2D eigenvalue weighted by molar-refractivity contribution is 7.09. The maximum Gasteiger partial charge on any atom is 0.326 e. The lowest BCUT2D eigenvalue weighted by molar-refractivity contribution is -0.142. The summed E-state index contributed by atoms with van der Waals surface area (Å²) < 4.78 is 0. The van der Waals surface area contributed by atoms with Gasteiger partial charge in [0.05, 0.1) is 10.7 Å². The molecule has 2 N–H and O–H groups in total. The van der Waals surface area contributed by atoms with Crippen LogP contribution in [0.5, 0.6) is 0 Å². The fraction of sp³-hybridized carbons (Fsp3) is 0.643. The number of hydrogen-bond acceptors (Lipinski definition) is 4. The molecule has 0 bridgehead atoms. The highest BCUT2D eigenvalue weighted by Gasteiger charge is 2.29. The Labute approximate surface area is 122 Å². The second-order valence-corrected chi connectivity index (χ2v) is 6.41. The van der Waals surface area contributed by atoms with Gasteiger partial charge < -0.3 is 10.4 Å². The van der Waals surface area contributed by atoms with Crippen molar-refractivity contribution in [3.63, 3.8) is 0 Å². The van der Waals surface area contributed by atoms with E-state index >= 15 is 0 Å². The monoisotopic (exact) mass is 296 g/mol. The van der Waals surface area contributed by atoms with Crippen molar-refractivity contribution in [3.05, 3.63) is 16.1 Å². The third kappa shape index (κ3) is 4.92. The number of carbonyl (C=O) groups excluding carboxylic acids is 1. The quantitative estimate of drug-likeness (QED) is 0.770. The average molecular weight is 296 g/mol. The first kappa shape index (κ1) is 15.0. The number of thiazole rings is 1. The summed E-state index contributed by atoms with van der Waals surface area (Å²) in [4.78, 5) is 27.2. The molecule has 1 atom stereocenters. The molecule has 1 heterocycles. The van der Waals surface area contributed by atoms with Crippen molar-refractivity contribution >= 4 is 23.2 Å². The molecule has 1 saturated carbocycles. The normalized spacial score (nSPS) is 15.8. The van der Waals surface area contributed by atoms with Gasteiger partial charge in [-0.1, -0.05) is 12.8 Å². The molecule has 6 heteroatoms. The van der Waals surface area contributed by atoms with E-state index < -0.39 is 12.0 Å². The van der Waals surface area contributed by atoms with Crippen LogP contribution in [-0.2, 0) is 16.0 Å². The van der Waals surface area contributed by atoms with Crippen LogP contribution in [0.15, 0.2) is 5.38 Å². The zero-order valence-corrected chi connectivity index (χ0v) is 12.4. The molecule has 1 unspecified atom stereocenters. The number of carbonyl (C=O) groups is 2. The Morgan fingerprint density at radius 3 is 2.85 bits per heavy atom. The zero-order valence-electron chi connectivity index (χ0n) is 11.6. The van der Waals surface area contributed by atoms with E-state index in [4.69, 9.17) is 5.11 Å². The van der Waals surface area contributed by atoms with E-state index in [0.29, 0.717) is 25.2 Å². The standard InChI is InChI=1S/C14H20N2O3S/c1-9-15-11(8-20-9)3-2-4-13(17)16-12(14(18)19)7-10-5-6-10/h8,10,12H,2-7H2,1H3,(H,16,17)(H,18,19). The Hall–Kier alpha value is -1.43. The maximum atomic E-state index is 11.8. The van der Waals surface area contributed by atoms with Crippen molar-refractivity contribution in [2.45, 2.75) is 51.5 Å². The van der Waals surface area contributed by atoms with Gasteiger partial charge in [-0.2, -0.15) is 0 Å². The molecule has 0 aliphatic heterocycles. The Morgan fingerprint density at radius 2 is 2.30 bits per heavy atom. The molecule has 20 heavy (non-hydrogen) atoms. The van der Waals surface area contributed by atoms with Crippen LogP contribution in [-0.4, -0.2) is 28.0 Å². The van der Waals surface area contributed by atoms with E-state index in [9.17, 15) is 9.59 Å². The Bertz CT molecular complexity index is 483. The number of carboxylic acid groups (broad SMARTS) is 1. The number of aromatic nitrogens is 1. The van der Waals surface area contributed by atoms with E-state index in [2.05, 4.69) is 10.3 Å². The summed E-state index contributed by atoms with van der Waals surface area (Å²) in [7, 11) is 0. The maximum absolute atomic E-state index is 11.8. The van der Waals surface area contributed by atoms with Gasteiger partial charge >= 0.3 is 5.97 Å². The molecule has 0 aromatic carbocycles. The summed E-state index contributed by atoms with van der Waals surface area (Å²) in [5.41, 5.74) is 1.01. The second kappa shape index (κ2) is 6.83. The van der Waals surface area contributed by atoms with Gasteiger partial charge in [0, 0.05) is 11.8 Å². The summed E-state index contributed by atoms with van der Waals surface area (Å²) in [6, 6.07) is -0.725. The molecule has 1 aliphatic carbocycles. The Kier molecular flexibility index (Phi) is 5.11. The molecule has 5 nitrogen and oxygen atoms in total. The molecular weight excluding hydrogens is 276 g/mol. The van der Waals surface area contributed by atoms with Crippen LogP contribution in [0.3, 0.4) is 0 Å². The summed E-state index contributed by atoms with van der Waals surface area (Å²) in [6.45, 7) is 1.95. The lowest BCUT2D eigenvalue weighted by Gasteiger charge is -2.13. The van der Waals surface area contributed by atoms with Gasteiger partial charge in [-0.15, -0.1) is 11.3 Å². The van der Waals surface area contributed by atoms with Crippen LogP contribution in [0.4, 0.5) is 0 Å². The Morgan fingerprint density at radius 1 is 1.55 bits per heavy atom. The van der Waals surface area contributed by atoms with Crippen molar-refractivity contribution in [2.75, 3.05) is 0 Å². The smallest absolute Gasteiger partial charge is 0.326 e. The third-order valence-electron chi connectivity index (χ3n) is 3.40. The third-order valence-corrected chi connectivity index (χ3v) is 4.22. The van der Waals surface area contributed by atoms with E-state index in [1.54, 1.807) is 11.3 Å². The van der Waals surface area contributed by atoms with Crippen molar-refractivity contribution in [1.29, 1.82) is 0 Å². The number of aliphatic carboxylic acids is 1. The van der Waals surface area contributed by atoms with E-state index in [1.807, 2.05) is 12.3 Å². The molecule has 1 aromatic heterocycles. The fourth-order valence-corrected chi connectivity index (χ4v) is 2.78. The zero-order chi connectivity index (χ0) is 14.5. The number of nitrogens with one attached hydrogen (secondary N) is 1. The number of nitrogens with zero attached hydrogens (tertiary/aromatic N) is 1. The number of rotatable bonds is 8. The van der Waals surface area contributed by atoms with Gasteiger partial charge in [0.2, 0.25) is 5.91 Å².